The van der Waals surface area contributed by atoms with Gasteiger partial charge in [0, 0.05) is 29.7 Å². The Bertz CT molecular complexity index is 489. The van der Waals surface area contributed by atoms with Crippen molar-refractivity contribution in [3.8, 4) is 0 Å². The van der Waals surface area contributed by atoms with Crippen molar-refractivity contribution < 1.29 is 14.3 Å². The molecule has 1 amide bonds. The number of hydrogen-bond donors (Lipinski definition) is 0. The van der Waals surface area contributed by atoms with Crippen LogP contribution in [-0.2, 0) is 14.3 Å². The molecule has 0 aromatic carbocycles. The van der Waals surface area contributed by atoms with E-state index in [-0.39, 0.29) is 11.8 Å². The van der Waals surface area contributed by atoms with E-state index in [9.17, 15) is 9.59 Å². The van der Waals surface area contributed by atoms with Crippen LogP contribution in [0.25, 0.3) is 0 Å². The van der Waals surface area contributed by atoms with Gasteiger partial charge in [0.15, 0.2) is 0 Å². The molecule has 0 saturated heterocycles. The highest BCUT2D eigenvalue weighted by molar-refractivity contribution is 9.11. The third-order valence-corrected chi connectivity index (χ3v) is 4.05. The maximum atomic E-state index is 12.2. The van der Waals surface area contributed by atoms with E-state index in [1.807, 2.05) is 20.8 Å². The number of allylic oxidation sites excluding steroid dienone is 1. The standard InChI is InChI=1S/C14H18BrNO3/c1-13(2,3)19-11(17)5-6-14-7-9(14)10(15)8-16(4)12(14)18/h5-6,8-9H,7H2,1-4H3/b6-5+. The van der Waals surface area contributed by atoms with Gasteiger partial charge in [-0.05, 0) is 27.2 Å². The molecule has 0 N–H and O–H groups in total. The molecule has 1 fully saturated rings. The Kier molecular flexibility index (Phi) is 3.37. The smallest absolute Gasteiger partial charge is 0.330 e. The first kappa shape index (κ1) is 14.3. The van der Waals surface area contributed by atoms with Crippen LogP contribution in [-0.4, -0.2) is 29.4 Å². The van der Waals surface area contributed by atoms with Gasteiger partial charge in [-0.1, -0.05) is 22.0 Å². The normalized spacial score (nSPS) is 30.2. The number of carbonyl (C=O) groups excluding carboxylic acids is 2. The highest BCUT2D eigenvalue weighted by Crippen LogP contribution is 2.62. The number of esters is 1. The molecule has 1 aliphatic heterocycles. The molecule has 2 rings (SSSR count). The summed E-state index contributed by atoms with van der Waals surface area (Å²) in [6, 6.07) is 0. The van der Waals surface area contributed by atoms with Gasteiger partial charge >= 0.3 is 5.97 Å². The molecule has 0 bridgehead atoms. The van der Waals surface area contributed by atoms with Crippen LogP contribution >= 0.6 is 15.9 Å². The van der Waals surface area contributed by atoms with Crippen molar-refractivity contribution in [2.45, 2.75) is 32.8 Å². The second-order valence-corrected chi connectivity index (χ2v) is 7.01. The highest BCUT2D eigenvalue weighted by Gasteiger charge is 2.62. The Balaban J connectivity index is 2.11. The van der Waals surface area contributed by atoms with Gasteiger partial charge in [0.05, 0.1) is 5.41 Å². The van der Waals surface area contributed by atoms with Gasteiger partial charge in [0.25, 0.3) is 0 Å². The number of fused-ring (bicyclic) bond motifs is 1. The molecule has 2 atom stereocenters. The lowest BCUT2D eigenvalue weighted by atomic mass is 9.99. The first-order valence-corrected chi connectivity index (χ1v) is 7.02. The first-order chi connectivity index (χ1) is 8.66. The summed E-state index contributed by atoms with van der Waals surface area (Å²) >= 11 is 3.47. The largest absolute Gasteiger partial charge is 0.457 e. The average molecular weight is 328 g/mol. The number of amides is 1. The Hall–Kier alpha value is -1.10. The zero-order valence-corrected chi connectivity index (χ0v) is 13.2. The summed E-state index contributed by atoms with van der Waals surface area (Å²) < 4.78 is 6.21. The summed E-state index contributed by atoms with van der Waals surface area (Å²) in [7, 11) is 1.72. The molecule has 5 heteroatoms. The predicted molar refractivity (Wildman–Crippen MR) is 75.3 cm³/mol. The molecule has 0 spiro atoms. The fourth-order valence-electron chi connectivity index (χ4n) is 2.33. The summed E-state index contributed by atoms with van der Waals surface area (Å²) in [5.74, 6) is -0.218. The number of carbonyl (C=O) groups is 2. The summed E-state index contributed by atoms with van der Waals surface area (Å²) in [5.41, 5.74) is -1.07. The van der Waals surface area contributed by atoms with E-state index in [0.717, 1.165) is 10.9 Å². The SMILES string of the molecule is CN1C=C(Br)C2CC2(/C=C/C(=O)OC(C)(C)C)C1=O. The first-order valence-electron chi connectivity index (χ1n) is 6.22. The second kappa shape index (κ2) is 4.47. The van der Waals surface area contributed by atoms with E-state index in [4.69, 9.17) is 4.74 Å². The zero-order chi connectivity index (χ0) is 14.4. The Morgan fingerprint density at radius 3 is 2.79 bits per heavy atom. The van der Waals surface area contributed by atoms with Gasteiger partial charge in [0.2, 0.25) is 5.91 Å². The van der Waals surface area contributed by atoms with Crippen LogP contribution < -0.4 is 0 Å². The van der Waals surface area contributed by atoms with Gasteiger partial charge < -0.3 is 9.64 Å². The van der Waals surface area contributed by atoms with E-state index >= 15 is 0 Å². The monoisotopic (exact) mass is 327 g/mol. The van der Waals surface area contributed by atoms with Gasteiger partial charge in [-0.25, -0.2) is 4.79 Å². The van der Waals surface area contributed by atoms with Crippen molar-refractivity contribution in [1.29, 1.82) is 0 Å². The number of nitrogens with zero attached hydrogens (tertiary/aromatic N) is 1. The maximum absolute atomic E-state index is 12.2. The Morgan fingerprint density at radius 2 is 2.21 bits per heavy atom. The van der Waals surface area contributed by atoms with Crippen molar-refractivity contribution in [2.24, 2.45) is 11.3 Å². The van der Waals surface area contributed by atoms with Gasteiger partial charge in [-0.2, -0.15) is 0 Å². The topological polar surface area (TPSA) is 46.6 Å². The van der Waals surface area contributed by atoms with E-state index in [2.05, 4.69) is 15.9 Å². The molecule has 1 heterocycles. The number of ether oxygens (including phenoxy) is 1. The molecular formula is C14H18BrNO3. The highest BCUT2D eigenvalue weighted by atomic mass is 79.9. The number of rotatable bonds is 2. The Labute approximate surface area is 121 Å². The van der Waals surface area contributed by atoms with E-state index in [1.54, 1.807) is 24.2 Å². The van der Waals surface area contributed by atoms with Crippen molar-refractivity contribution in [2.75, 3.05) is 7.05 Å². The maximum Gasteiger partial charge on any atom is 0.330 e. The van der Waals surface area contributed by atoms with Gasteiger partial charge in [-0.3, -0.25) is 4.79 Å². The van der Waals surface area contributed by atoms with Crippen LogP contribution in [0.2, 0.25) is 0 Å². The van der Waals surface area contributed by atoms with Crippen LogP contribution in [0, 0.1) is 11.3 Å². The third kappa shape index (κ3) is 2.76. The molecular weight excluding hydrogens is 310 g/mol. The van der Waals surface area contributed by atoms with Gasteiger partial charge in [0.1, 0.15) is 5.60 Å². The van der Waals surface area contributed by atoms with E-state index in [0.29, 0.717) is 0 Å². The van der Waals surface area contributed by atoms with E-state index < -0.39 is 17.0 Å². The quantitative estimate of drug-likeness (QED) is 0.578. The molecule has 1 saturated carbocycles. The molecule has 1 aliphatic carbocycles. The van der Waals surface area contributed by atoms with Gasteiger partial charge in [-0.15, -0.1) is 0 Å². The Morgan fingerprint density at radius 1 is 1.58 bits per heavy atom. The minimum Gasteiger partial charge on any atom is -0.457 e. The van der Waals surface area contributed by atoms with Crippen LogP contribution in [0.1, 0.15) is 27.2 Å². The minimum absolute atomic E-state index is 0.0282. The lowest BCUT2D eigenvalue weighted by molar-refractivity contribution is -0.148. The molecule has 0 aromatic rings. The van der Waals surface area contributed by atoms with Crippen LogP contribution in [0.5, 0.6) is 0 Å². The molecule has 104 valence electrons. The van der Waals surface area contributed by atoms with E-state index in [1.165, 1.54) is 6.08 Å². The molecule has 2 unspecified atom stereocenters. The van der Waals surface area contributed by atoms with Crippen LogP contribution in [0.4, 0.5) is 0 Å². The molecule has 0 aromatic heterocycles. The molecule has 19 heavy (non-hydrogen) atoms. The predicted octanol–water partition coefficient (Wildman–Crippen LogP) is 2.60. The molecule has 4 nitrogen and oxygen atoms in total. The lowest BCUT2D eigenvalue weighted by Gasteiger charge is -2.24. The van der Waals surface area contributed by atoms with Crippen LogP contribution in [0.3, 0.4) is 0 Å². The lowest BCUT2D eigenvalue weighted by Crippen LogP contribution is -2.34. The summed E-state index contributed by atoms with van der Waals surface area (Å²) in [6.07, 6.45) is 5.60. The van der Waals surface area contributed by atoms with Crippen LogP contribution in [0.15, 0.2) is 22.8 Å². The fourth-order valence-corrected chi connectivity index (χ4v) is 3.21. The molecule has 0 radical (unpaired) electrons. The van der Waals surface area contributed by atoms with Crippen molar-refractivity contribution in [3.05, 3.63) is 22.8 Å². The fraction of sp³-hybridized carbons (Fsp3) is 0.571. The third-order valence-electron chi connectivity index (χ3n) is 3.30. The molecule has 2 aliphatic rings. The number of halogens is 1. The van der Waals surface area contributed by atoms with Crippen molar-refractivity contribution >= 4 is 27.8 Å². The summed E-state index contributed by atoms with van der Waals surface area (Å²) in [6.45, 7) is 5.45. The summed E-state index contributed by atoms with van der Waals surface area (Å²) in [5, 5.41) is 0. The zero-order valence-electron chi connectivity index (χ0n) is 11.6. The average Bonchev–Trinajstić information content (AvgIpc) is 2.98. The second-order valence-electron chi connectivity index (χ2n) is 6.09. The number of hydrogen-bond acceptors (Lipinski definition) is 3. The van der Waals surface area contributed by atoms with Crippen molar-refractivity contribution in [1.82, 2.24) is 4.90 Å². The summed E-state index contributed by atoms with van der Waals surface area (Å²) in [4.78, 5) is 25.4. The minimum atomic E-state index is -0.556. The van der Waals surface area contributed by atoms with Crippen molar-refractivity contribution in [3.63, 3.8) is 0 Å².